The maximum atomic E-state index is 12.4. The second-order valence-electron chi connectivity index (χ2n) is 16.2. The van der Waals surface area contributed by atoms with Crippen molar-refractivity contribution in [2.45, 2.75) is 270 Å². The summed E-state index contributed by atoms with van der Waals surface area (Å²) in [6, 6.07) is -0.622. The molecule has 52 heavy (non-hydrogen) atoms. The third kappa shape index (κ3) is 40.1. The number of hydrogen-bond acceptors (Lipinski definition) is 3. The van der Waals surface area contributed by atoms with Crippen LogP contribution < -0.4 is 5.32 Å². The topological polar surface area (TPSA) is 69.6 Å². The number of unbranched alkanes of at least 4 members (excludes halogenated alkanes) is 34. The van der Waals surface area contributed by atoms with Crippen molar-refractivity contribution >= 4 is 5.91 Å². The van der Waals surface area contributed by atoms with Crippen molar-refractivity contribution in [2.24, 2.45) is 0 Å². The van der Waals surface area contributed by atoms with Crippen LogP contribution in [0.5, 0.6) is 0 Å². The highest BCUT2D eigenvalue weighted by Crippen LogP contribution is 2.16. The Labute approximate surface area is 326 Å². The van der Waals surface area contributed by atoms with E-state index in [1.54, 1.807) is 6.08 Å². The number of allylic oxidation sites excluding steroid dienone is 3. The minimum atomic E-state index is -0.839. The molecule has 0 aromatic carbocycles. The number of carbonyl (C=O) groups is 1. The van der Waals surface area contributed by atoms with Crippen molar-refractivity contribution < 1.29 is 15.0 Å². The van der Waals surface area contributed by atoms with E-state index in [1.165, 1.54) is 212 Å². The van der Waals surface area contributed by atoms with Crippen molar-refractivity contribution in [1.82, 2.24) is 5.32 Å². The Bertz CT molecular complexity index is 750. The van der Waals surface area contributed by atoms with Gasteiger partial charge < -0.3 is 15.5 Å². The molecule has 4 nitrogen and oxygen atoms in total. The third-order valence-electron chi connectivity index (χ3n) is 10.9. The first-order valence-corrected chi connectivity index (χ1v) is 23.6. The van der Waals surface area contributed by atoms with Gasteiger partial charge in [0.15, 0.2) is 0 Å². The first kappa shape index (κ1) is 50.9. The molecule has 0 aromatic heterocycles. The Hall–Kier alpha value is -1.13. The lowest BCUT2D eigenvalue weighted by Crippen LogP contribution is -2.45. The molecular weight excluding hydrogens is 639 g/mol. The predicted octanol–water partition coefficient (Wildman–Crippen LogP) is 14.8. The van der Waals surface area contributed by atoms with Gasteiger partial charge in [-0.15, -0.1) is 0 Å². The molecule has 2 atom stereocenters. The lowest BCUT2D eigenvalue weighted by atomic mass is 10.0. The molecule has 0 aliphatic rings. The van der Waals surface area contributed by atoms with E-state index >= 15 is 0 Å². The molecule has 0 heterocycles. The molecule has 1 amide bonds. The summed E-state index contributed by atoms with van der Waals surface area (Å²) in [7, 11) is 0. The summed E-state index contributed by atoms with van der Waals surface area (Å²) < 4.78 is 0. The summed E-state index contributed by atoms with van der Waals surface area (Å²) in [4.78, 5) is 12.4. The SMILES string of the molecule is CCCCCCCCCCCC/C=C\CCCCCCCCCC(=O)NC(CO)C(O)/C=C/CCCCCCCCCCCCCCCCCCC. The van der Waals surface area contributed by atoms with Gasteiger partial charge in [-0.2, -0.15) is 0 Å². The van der Waals surface area contributed by atoms with E-state index in [0.29, 0.717) is 6.42 Å². The highest BCUT2D eigenvalue weighted by atomic mass is 16.3. The highest BCUT2D eigenvalue weighted by Gasteiger charge is 2.17. The fourth-order valence-corrected chi connectivity index (χ4v) is 7.29. The van der Waals surface area contributed by atoms with E-state index in [4.69, 9.17) is 0 Å². The summed E-state index contributed by atoms with van der Waals surface area (Å²) in [5.41, 5.74) is 0. The summed E-state index contributed by atoms with van der Waals surface area (Å²) in [5.74, 6) is -0.0655. The summed E-state index contributed by atoms with van der Waals surface area (Å²) in [5, 5.41) is 23.1. The molecule has 0 rings (SSSR count). The zero-order valence-electron chi connectivity index (χ0n) is 35.3. The number of hydrogen-bond donors (Lipinski definition) is 3. The van der Waals surface area contributed by atoms with E-state index in [2.05, 4.69) is 31.3 Å². The second kappa shape index (κ2) is 44.3. The summed E-state index contributed by atoms with van der Waals surface area (Å²) >= 11 is 0. The lowest BCUT2D eigenvalue weighted by molar-refractivity contribution is -0.123. The van der Waals surface area contributed by atoms with Gasteiger partial charge in [0.05, 0.1) is 18.8 Å². The summed E-state index contributed by atoms with van der Waals surface area (Å²) in [6.07, 6.45) is 57.2. The predicted molar refractivity (Wildman–Crippen MR) is 230 cm³/mol. The van der Waals surface area contributed by atoms with Gasteiger partial charge in [-0.05, 0) is 44.9 Å². The number of aliphatic hydroxyl groups is 2. The van der Waals surface area contributed by atoms with Gasteiger partial charge in [-0.25, -0.2) is 0 Å². The molecule has 0 spiro atoms. The minimum Gasteiger partial charge on any atom is -0.394 e. The molecule has 0 aliphatic heterocycles. The molecule has 0 fully saturated rings. The van der Waals surface area contributed by atoms with E-state index in [0.717, 1.165) is 25.7 Å². The molecule has 0 aromatic rings. The summed E-state index contributed by atoms with van der Waals surface area (Å²) in [6.45, 7) is 4.33. The van der Waals surface area contributed by atoms with Crippen molar-refractivity contribution in [3.05, 3.63) is 24.3 Å². The molecule has 0 saturated carbocycles. The maximum absolute atomic E-state index is 12.4. The molecule has 3 N–H and O–H groups in total. The van der Waals surface area contributed by atoms with E-state index in [9.17, 15) is 15.0 Å². The molecule has 0 bridgehead atoms. The molecule has 0 radical (unpaired) electrons. The molecule has 0 saturated heterocycles. The van der Waals surface area contributed by atoms with Crippen LogP contribution in [0.3, 0.4) is 0 Å². The van der Waals surface area contributed by atoms with Gasteiger partial charge in [0, 0.05) is 6.42 Å². The fourth-order valence-electron chi connectivity index (χ4n) is 7.29. The number of carbonyl (C=O) groups excluding carboxylic acids is 1. The molecule has 2 unspecified atom stereocenters. The number of amides is 1. The maximum Gasteiger partial charge on any atom is 0.220 e. The van der Waals surface area contributed by atoms with Crippen molar-refractivity contribution in [3.8, 4) is 0 Å². The second-order valence-corrected chi connectivity index (χ2v) is 16.2. The molecule has 4 heteroatoms. The van der Waals surface area contributed by atoms with Crippen LogP contribution in [0.4, 0.5) is 0 Å². The van der Waals surface area contributed by atoms with Crippen LogP contribution in [0, 0.1) is 0 Å². The zero-order chi connectivity index (χ0) is 37.8. The Morgan fingerprint density at radius 2 is 0.731 bits per heavy atom. The minimum absolute atomic E-state index is 0.0655. The first-order chi connectivity index (χ1) is 25.7. The van der Waals surface area contributed by atoms with Crippen LogP contribution in [-0.2, 0) is 4.79 Å². The number of rotatable bonds is 43. The molecular formula is C48H93NO3. The quantitative estimate of drug-likeness (QED) is 0.0432. The number of nitrogens with one attached hydrogen (secondary N) is 1. The van der Waals surface area contributed by atoms with Gasteiger partial charge in [0.2, 0.25) is 5.91 Å². The van der Waals surface area contributed by atoms with Gasteiger partial charge in [0.25, 0.3) is 0 Å². The largest absolute Gasteiger partial charge is 0.394 e. The normalized spacial score (nSPS) is 13.1. The Balaban J connectivity index is 3.54. The third-order valence-corrected chi connectivity index (χ3v) is 10.9. The van der Waals surface area contributed by atoms with Crippen LogP contribution in [-0.4, -0.2) is 34.9 Å². The smallest absolute Gasteiger partial charge is 0.220 e. The Morgan fingerprint density at radius 1 is 0.442 bits per heavy atom. The van der Waals surface area contributed by atoms with Crippen LogP contribution >= 0.6 is 0 Å². The standard InChI is InChI=1S/C48H93NO3/c1-3-5-7-9-11-13-15-17-19-21-23-24-26-28-30-32-34-36-38-40-42-44-48(52)49-46(45-50)47(51)43-41-39-37-35-33-31-29-27-25-22-20-18-16-14-12-10-8-6-4-2/h24,26,41,43,46-47,50-51H,3-23,25,27-40,42,44-45H2,1-2H3,(H,49,52)/b26-24-,43-41+. The van der Waals surface area contributed by atoms with E-state index in [-0.39, 0.29) is 12.5 Å². The lowest BCUT2D eigenvalue weighted by Gasteiger charge is -2.20. The van der Waals surface area contributed by atoms with Gasteiger partial charge in [-0.1, -0.05) is 231 Å². The van der Waals surface area contributed by atoms with Crippen molar-refractivity contribution in [2.75, 3.05) is 6.61 Å². The van der Waals surface area contributed by atoms with Crippen LogP contribution in [0.1, 0.15) is 258 Å². The molecule has 308 valence electrons. The average molecular weight is 732 g/mol. The Kier molecular flexibility index (Phi) is 43.3. The van der Waals surface area contributed by atoms with Gasteiger partial charge in [-0.3, -0.25) is 4.79 Å². The average Bonchev–Trinajstić information content (AvgIpc) is 3.15. The fraction of sp³-hybridized carbons (Fsp3) is 0.896. The van der Waals surface area contributed by atoms with Gasteiger partial charge >= 0.3 is 0 Å². The van der Waals surface area contributed by atoms with Crippen LogP contribution in [0.15, 0.2) is 24.3 Å². The monoisotopic (exact) mass is 732 g/mol. The van der Waals surface area contributed by atoms with Gasteiger partial charge in [0.1, 0.15) is 0 Å². The van der Waals surface area contributed by atoms with Crippen LogP contribution in [0.25, 0.3) is 0 Å². The van der Waals surface area contributed by atoms with E-state index in [1.807, 2.05) is 6.08 Å². The number of aliphatic hydroxyl groups excluding tert-OH is 2. The van der Waals surface area contributed by atoms with Crippen molar-refractivity contribution in [1.29, 1.82) is 0 Å². The van der Waals surface area contributed by atoms with Crippen molar-refractivity contribution in [3.63, 3.8) is 0 Å². The first-order valence-electron chi connectivity index (χ1n) is 23.6. The zero-order valence-corrected chi connectivity index (χ0v) is 35.3. The highest BCUT2D eigenvalue weighted by molar-refractivity contribution is 5.76. The van der Waals surface area contributed by atoms with E-state index < -0.39 is 12.1 Å². The Morgan fingerprint density at radius 3 is 1.06 bits per heavy atom. The van der Waals surface area contributed by atoms with Crippen LogP contribution in [0.2, 0.25) is 0 Å². The molecule has 0 aliphatic carbocycles.